The van der Waals surface area contributed by atoms with Crippen molar-refractivity contribution < 1.29 is 23.4 Å². The minimum Gasteiger partial charge on any atom is -0.463 e. The highest BCUT2D eigenvalue weighted by Gasteiger charge is 2.05. The molecule has 0 bridgehead atoms. The molecule has 0 rings (SSSR count). The summed E-state index contributed by atoms with van der Waals surface area (Å²) in [5, 5.41) is 8.70. The van der Waals surface area contributed by atoms with Crippen LogP contribution in [-0.4, -0.2) is 31.9 Å². The van der Waals surface area contributed by atoms with E-state index in [0.29, 0.717) is 0 Å². The highest BCUT2D eigenvalue weighted by molar-refractivity contribution is 7.79. The molecular weight excluding hydrogens is 184 g/mol. The molecule has 0 fully saturated rings. The number of aliphatic hydroxyl groups is 1. The van der Waals surface area contributed by atoms with Gasteiger partial charge in [0, 0.05) is 6.08 Å². The van der Waals surface area contributed by atoms with Crippen LogP contribution in [0.2, 0.25) is 0 Å². The molecule has 2 atom stereocenters. The van der Waals surface area contributed by atoms with Crippen LogP contribution >= 0.6 is 0 Å². The Kier molecular flexibility index (Phi) is 5.52. The van der Waals surface area contributed by atoms with Crippen LogP contribution in [-0.2, 0) is 20.6 Å². The Labute approximate surface area is 72.3 Å². The van der Waals surface area contributed by atoms with Crippen LogP contribution in [0.15, 0.2) is 12.2 Å². The molecule has 0 heterocycles. The van der Waals surface area contributed by atoms with E-state index >= 15 is 0 Å². The molecule has 0 saturated heterocycles. The maximum absolute atomic E-state index is 10.6. The highest BCUT2D eigenvalue weighted by Crippen LogP contribution is 1.91. The quantitative estimate of drug-likeness (QED) is 0.363. The van der Waals surface area contributed by atoms with Gasteiger partial charge in [0.25, 0.3) is 0 Å². The third-order valence-corrected chi connectivity index (χ3v) is 1.46. The zero-order valence-electron chi connectivity index (χ0n) is 6.47. The zero-order chi connectivity index (χ0) is 9.56. The summed E-state index contributed by atoms with van der Waals surface area (Å²) in [5.74, 6) is -0.651. The lowest BCUT2D eigenvalue weighted by Crippen LogP contribution is -2.10. The van der Waals surface area contributed by atoms with E-state index in [0.717, 1.165) is 12.2 Å². The average Bonchev–Trinajstić information content (AvgIpc) is 2.00. The lowest BCUT2D eigenvalue weighted by Gasteiger charge is -1.97. The Hall–Kier alpha value is -0.720. The molecule has 12 heavy (non-hydrogen) atoms. The fraction of sp³-hybridized carbons (Fsp3) is 0.500. The van der Waals surface area contributed by atoms with Gasteiger partial charge in [-0.25, -0.2) is 9.00 Å². The molecule has 0 aliphatic carbocycles. The maximum Gasteiger partial charge on any atom is 0.330 e. The van der Waals surface area contributed by atoms with Gasteiger partial charge in [-0.1, -0.05) is 0 Å². The lowest BCUT2D eigenvalue weighted by atomic mass is 10.5. The van der Waals surface area contributed by atoms with Crippen molar-refractivity contribution in [2.45, 2.75) is 12.4 Å². The van der Waals surface area contributed by atoms with E-state index in [1.54, 1.807) is 6.92 Å². The van der Waals surface area contributed by atoms with Gasteiger partial charge in [0.1, 0.15) is 0 Å². The van der Waals surface area contributed by atoms with Crippen molar-refractivity contribution in [2.24, 2.45) is 0 Å². The fourth-order valence-corrected chi connectivity index (χ4v) is 0.631. The monoisotopic (exact) mass is 194 g/mol. The van der Waals surface area contributed by atoms with Crippen LogP contribution in [0, 0.1) is 0 Å². The molecule has 0 radical (unpaired) electrons. The van der Waals surface area contributed by atoms with Crippen LogP contribution in [0.25, 0.3) is 0 Å². The lowest BCUT2D eigenvalue weighted by molar-refractivity contribution is -0.137. The van der Waals surface area contributed by atoms with Crippen molar-refractivity contribution >= 4 is 17.0 Å². The van der Waals surface area contributed by atoms with Gasteiger partial charge in [-0.15, -0.1) is 0 Å². The molecule has 0 aromatic heterocycles. The number of carbonyl (C=O) groups is 1. The van der Waals surface area contributed by atoms with Crippen LogP contribution < -0.4 is 0 Å². The standard InChI is InChI=1S/C6H10O5S/c1-2-11-5(7)3-4-6(8)12(9)10/h3-4,6,8H,2H2,1H3,(H,9,10). The molecule has 6 heteroatoms. The number of hydrogen-bond donors (Lipinski definition) is 2. The molecule has 0 spiro atoms. The van der Waals surface area contributed by atoms with Crippen molar-refractivity contribution in [1.82, 2.24) is 0 Å². The van der Waals surface area contributed by atoms with E-state index in [2.05, 4.69) is 4.74 Å². The Morgan fingerprint density at radius 2 is 2.33 bits per heavy atom. The van der Waals surface area contributed by atoms with Gasteiger partial charge in [-0.2, -0.15) is 0 Å². The summed E-state index contributed by atoms with van der Waals surface area (Å²) in [6.07, 6.45) is 1.80. The van der Waals surface area contributed by atoms with Crippen LogP contribution in [0.4, 0.5) is 0 Å². The second-order valence-corrected chi connectivity index (χ2v) is 2.81. The van der Waals surface area contributed by atoms with Crippen molar-refractivity contribution in [2.75, 3.05) is 6.61 Å². The average molecular weight is 194 g/mol. The van der Waals surface area contributed by atoms with E-state index in [-0.39, 0.29) is 6.61 Å². The largest absolute Gasteiger partial charge is 0.463 e. The summed E-state index contributed by atoms with van der Waals surface area (Å²) in [6.45, 7) is 1.86. The summed E-state index contributed by atoms with van der Waals surface area (Å²) in [7, 11) is 0. The molecule has 0 amide bonds. The van der Waals surface area contributed by atoms with Gasteiger partial charge in [0.05, 0.1) is 6.61 Å². The first-order valence-electron chi connectivity index (χ1n) is 3.20. The second-order valence-electron chi connectivity index (χ2n) is 1.78. The van der Waals surface area contributed by atoms with Crippen molar-refractivity contribution in [3.05, 3.63) is 12.2 Å². The van der Waals surface area contributed by atoms with Crippen LogP contribution in [0.1, 0.15) is 6.92 Å². The molecule has 0 aliphatic heterocycles. The second kappa shape index (κ2) is 5.87. The van der Waals surface area contributed by atoms with Crippen LogP contribution in [0.5, 0.6) is 0 Å². The zero-order valence-corrected chi connectivity index (χ0v) is 7.28. The van der Waals surface area contributed by atoms with Crippen LogP contribution in [0.3, 0.4) is 0 Å². The van der Waals surface area contributed by atoms with Gasteiger partial charge in [0.2, 0.25) is 0 Å². The molecule has 0 aromatic carbocycles. The third kappa shape index (κ3) is 5.00. The Balaban J connectivity index is 3.89. The molecule has 2 N–H and O–H groups in total. The van der Waals surface area contributed by atoms with Gasteiger partial charge < -0.3 is 14.4 Å². The van der Waals surface area contributed by atoms with E-state index in [9.17, 15) is 9.00 Å². The third-order valence-electron chi connectivity index (χ3n) is 0.890. The van der Waals surface area contributed by atoms with Crippen molar-refractivity contribution in [3.8, 4) is 0 Å². The number of carbonyl (C=O) groups excluding carboxylic acids is 1. The summed E-state index contributed by atoms with van der Waals surface area (Å²) in [5.41, 5.74) is -1.55. The van der Waals surface area contributed by atoms with Gasteiger partial charge >= 0.3 is 5.97 Å². The molecule has 0 aromatic rings. The summed E-state index contributed by atoms with van der Waals surface area (Å²) < 4.78 is 22.9. The Morgan fingerprint density at radius 1 is 1.75 bits per heavy atom. The maximum atomic E-state index is 10.6. The topological polar surface area (TPSA) is 83.8 Å². The Morgan fingerprint density at radius 3 is 2.75 bits per heavy atom. The predicted octanol–water partition coefficient (Wildman–Crippen LogP) is -0.354. The number of ether oxygens (including phenoxy) is 1. The summed E-state index contributed by atoms with van der Waals surface area (Å²) >= 11 is -2.37. The molecule has 2 unspecified atom stereocenters. The van der Waals surface area contributed by atoms with E-state index in [4.69, 9.17) is 9.66 Å². The van der Waals surface area contributed by atoms with Crippen molar-refractivity contribution in [1.29, 1.82) is 0 Å². The first-order chi connectivity index (χ1) is 5.57. The first kappa shape index (κ1) is 11.3. The predicted molar refractivity (Wildman–Crippen MR) is 42.6 cm³/mol. The van der Waals surface area contributed by atoms with E-state index in [1.165, 1.54) is 0 Å². The van der Waals surface area contributed by atoms with E-state index < -0.39 is 22.5 Å². The molecule has 0 saturated carbocycles. The summed E-state index contributed by atoms with van der Waals surface area (Å²) in [4.78, 5) is 10.6. The molecule has 5 nitrogen and oxygen atoms in total. The van der Waals surface area contributed by atoms with Gasteiger partial charge in [-0.05, 0) is 13.0 Å². The Bertz CT molecular complexity index is 200. The summed E-state index contributed by atoms with van der Waals surface area (Å²) in [6, 6.07) is 0. The smallest absolute Gasteiger partial charge is 0.330 e. The van der Waals surface area contributed by atoms with E-state index in [1.807, 2.05) is 0 Å². The van der Waals surface area contributed by atoms with Crippen molar-refractivity contribution in [3.63, 3.8) is 0 Å². The highest BCUT2D eigenvalue weighted by atomic mass is 32.2. The normalized spacial score (nSPS) is 15.9. The minimum absolute atomic E-state index is 0.224. The van der Waals surface area contributed by atoms with Gasteiger partial charge in [-0.3, -0.25) is 0 Å². The number of aliphatic hydroxyl groups excluding tert-OH is 1. The number of rotatable bonds is 4. The number of hydrogen-bond acceptors (Lipinski definition) is 4. The van der Waals surface area contributed by atoms with Gasteiger partial charge in [0.15, 0.2) is 16.5 Å². The molecule has 70 valence electrons. The first-order valence-corrected chi connectivity index (χ1v) is 4.37. The molecule has 0 aliphatic rings. The fourth-order valence-electron chi connectivity index (χ4n) is 0.418. The molecular formula is C6H10O5S. The SMILES string of the molecule is CCOC(=O)C=CC(O)S(=O)O. The minimum atomic E-state index is -2.37. The number of esters is 1.